The molecule has 1 aliphatic carbocycles. The molecule has 142 valence electrons. The van der Waals surface area contributed by atoms with Crippen molar-refractivity contribution in [2.24, 2.45) is 4.36 Å². The van der Waals surface area contributed by atoms with E-state index in [0.717, 1.165) is 18.4 Å². The Balaban J connectivity index is 2.19. The van der Waals surface area contributed by atoms with Crippen molar-refractivity contribution in [1.82, 2.24) is 0 Å². The van der Waals surface area contributed by atoms with Gasteiger partial charge in [0, 0.05) is 48.0 Å². The van der Waals surface area contributed by atoms with Gasteiger partial charge in [0.1, 0.15) is 29.2 Å². The second kappa shape index (κ2) is 6.55. The Morgan fingerprint density at radius 2 is 1.93 bits per heavy atom. The van der Waals surface area contributed by atoms with E-state index in [1.807, 2.05) is 6.04 Å². The van der Waals surface area contributed by atoms with Gasteiger partial charge in [-0.2, -0.15) is 0 Å². The predicted molar refractivity (Wildman–Crippen MR) is 90.1 cm³/mol. The van der Waals surface area contributed by atoms with Gasteiger partial charge in [-0.3, -0.25) is 0 Å². The van der Waals surface area contributed by atoms with E-state index in [1.165, 1.54) is 12.1 Å². The van der Waals surface area contributed by atoms with Crippen molar-refractivity contribution in [2.75, 3.05) is 6.26 Å². The van der Waals surface area contributed by atoms with Crippen LogP contribution in [0.5, 0.6) is 11.5 Å². The van der Waals surface area contributed by atoms with E-state index >= 15 is 0 Å². The number of terminal acetylenes is 1. The Hall–Kier alpha value is -2.57. The molecule has 27 heavy (non-hydrogen) atoms. The zero-order chi connectivity index (χ0) is 20.0. The molecule has 0 bridgehead atoms. The summed E-state index contributed by atoms with van der Waals surface area (Å²) in [6.45, 7) is 0. The van der Waals surface area contributed by atoms with Crippen molar-refractivity contribution in [3.8, 4) is 24.0 Å². The van der Waals surface area contributed by atoms with E-state index in [9.17, 15) is 26.9 Å². The van der Waals surface area contributed by atoms with Gasteiger partial charge in [0.25, 0.3) is 5.92 Å². The molecular weight excluding hydrogens is 386 g/mol. The topological polar surface area (TPSA) is 58.9 Å². The van der Waals surface area contributed by atoms with E-state index in [1.54, 1.807) is 0 Å². The van der Waals surface area contributed by atoms with Crippen LogP contribution in [-0.4, -0.2) is 21.5 Å². The highest BCUT2D eigenvalue weighted by Crippen LogP contribution is 2.49. The normalized spacial score (nSPS) is 19.7. The number of fused-ring (bicyclic) bond motifs is 1. The lowest BCUT2D eigenvalue weighted by Crippen LogP contribution is -2.22. The standard InChI is InChI=1S/C18H13F4NO3S/c1-3-23-27(2,25)15-5-4-14(13-9-18(21,22)17(24)16(13)15)26-12-7-10(19)6-11(20)8-12/h1,4-8,17,24H,9H2,2H3. The Morgan fingerprint density at radius 1 is 1.30 bits per heavy atom. The van der Waals surface area contributed by atoms with Gasteiger partial charge in [0.05, 0.1) is 14.6 Å². The van der Waals surface area contributed by atoms with E-state index in [2.05, 4.69) is 4.36 Å². The second-order valence-electron chi connectivity index (χ2n) is 6.02. The number of alkyl halides is 2. The van der Waals surface area contributed by atoms with E-state index in [-0.39, 0.29) is 27.5 Å². The first-order valence-electron chi connectivity index (χ1n) is 7.57. The highest BCUT2D eigenvalue weighted by Gasteiger charge is 2.50. The summed E-state index contributed by atoms with van der Waals surface area (Å²) in [5, 5.41) is 10.1. The molecule has 2 atom stereocenters. The molecular formula is C18H13F4NO3S. The SMILES string of the molecule is C#CN=S(C)(=O)c1ccc(Oc2cc(F)cc(F)c2)c2c1C(O)C(F)(F)C2. The highest BCUT2D eigenvalue weighted by molar-refractivity contribution is 7.93. The molecule has 4 nitrogen and oxygen atoms in total. The van der Waals surface area contributed by atoms with Crippen LogP contribution in [0.4, 0.5) is 17.6 Å². The van der Waals surface area contributed by atoms with Crippen molar-refractivity contribution < 1.29 is 31.6 Å². The molecule has 0 fully saturated rings. The third kappa shape index (κ3) is 3.50. The van der Waals surface area contributed by atoms with E-state index < -0.39 is 39.8 Å². The first-order chi connectivity index (χ1) is 12.5. The number of ether oxygens (including phenoxy) is 1. The lowest BCUT2D eigenvalue weighted by molar-refractivity contribution is -0.0976. The molecule has 2 unspecified atom stereocenters. The van der Waals surface area contributed by atoms with Gasteiger partial charge in [-0.25, -0.2) is 21.8 Å². The van der Waals surface area contributed by atoms with Crippen LogP contribution in [0.3, 0.4) is 0 Å². The Bertz CT molecular complexity index is 1060. The van der Waals surface area contributed by atoms with Gasteiger partial charge in [0.15, 0.2) is 0 Å². The minimum atomic E-state index is -3.55. The first kappa shape index (κ1) is 19.2. The van der Waals surface area contributed by atoms with Gasteiger partial charge in [-0.05, 0) is 12.1 Å². The monoisotopic (exact) mass is 399 g/mol. The third-order valence-corrected chi connectivity index (χ3v) is 5.68. The summed E-state index contributed by atoms with van der Waals surface area (Å²) < 4.78 is 76.5. The van der Waals surface area contributed by atoms with Crippen LogP contribution in [0.25, 0.3) is 0 Å². The molecule has 0 saturated carbocycles. The summed E-state index contributed by atoms with van der Waals surface area (Å²) in [6.07, 6.45) is 3.05. The molecule has 2 aromatic carbocycles. The van der Waals surface area contributed by atoms with E-state index in [0.29, 0.717) is 6.07 Å². The largest absolute Gasteiger partial charge is 0.457 e. The van der Waals surface area contributed by atoms with Gasteiger partial charge in [-0.15, -0.1) is 4.36 Å². The summed E-state index contributed by atoms with van der Waals surface area (Å²) in [5.41, 5.74) is -0.433. The van der Waals surface area contributed by atoms with Gasteiger partial charge >= 0.3 is 0 Å². The minimum Gasteiger partial charge on any atom is -0.457 e. The maximum atomic E-state index is 14.1. The summed E-state index contributed by atoms with van der Waals surface area (Å²) in [4.78, 5) is -0.141. The minimum absolute atomic E-state index is 0.128. The number of hydrogen-bond donors (Lipinski definition) is 1. The molecule has 0 heterocycles. The van der Waals surface area contributed by atoms with Crippen molar-refractivity contribution in [2.45, 2.75) is 23.3 Å². The van der Waals surface area contributed by atoms with Crippen LogP contribution < -0.4 is 4.74 Å². The van der Waals surface area contributed by atoms with Crippen LogP contribution in [0.2, 0.25) is 0 Å². The van der Waals surface area contributed by atoms with E-state index in [4.69, 9.17) is 11.2 Å². The van der Waals surface area contributed by atoms with Crippen LogP contribution in [-0.2, 0) is 16.1 Å². The van der Waals surface area contributed by atoms with Gasteiger partial charge in [-0.1, -0.05) is 6.42 Å². The quantitative estimate of drug-likeness (QED) is 0.626. The molecule has 0 aromatic heterocycles. The molecule has 0 amide bonds. The summed E-state index contributed by atoms with van der Waals surface area (Å²) in [5.74, 6) is -5.76. The lowest BCUT2D eigenvalue weighted by atomic mass is 10.1. The van der Waals surface area contributed by atoms with Gasteiger partial charge < -0.3 is 9.84 Å². The number of rotatable bonds is 3. The average molecular weight is 399 g/mol. The average Bonchev–Trinajstić information content (AvgIpc) is 2.77. The van der Waals surface area contributed by atoms with Crippen molar-refractivity contribution in [3.63, 3.8) is 0 Å². The highest BCUT2D eigenvalue weighted by atomic mass is 32.2. The van der Waals surface area contributed by atoms with Crippen LogP contribution in [0, 0.1) is 24.1 Å². The fourth-order valence-electron chi connectivity index (χ4n) is 2.94. The number of aliphatic hydroxyl groups excluding tert-OH is 1. The number of hydrogen-bond acceptors (Lipinski definition) is 4. The summed E-state index contributed by atoms with van der Waals surface area (Å²) >= 11 is 0. The van der Waals surface area contributed by atoms with Crippen LogP contribution >= 0.6 is 0 Å². The summed E-state index contributed by atoms with van der Waals surface area (Å²) in [7, 11) is -3.25. The fourth-order valence-corrected chi connectivity index (χ4v) is 4.20. The van der Waals surface area contributed by atoms with Crippen molar-refractivity contribution in [3.05, 3.63) is 53.1 Å². The third-order valence-electron chi connectivity index (χ3n) is 4.06. The Labute approximate surface area is 153 Å². The maximum absolute atomic E-state index is 14.1. The molecule has 0 saturated heterocycles. The zero-order valence-electron chi connectivity index (χ0n) is 13.9. The van der Waals surface area contributed by atoms with Gasteiger partial charge in [0.2, 0.25) is 0 Å². The number of aliphatic hydroxyl groups is 1. The second-order valence-corrected chi connectivity index (χ2v) is 8.25. The van der Waals surface area contributed by atoms with Crippen LogP contribution in [0.1, 0.15) is 17.2 Å². The molecule has 9 heteroatoms. The Morgan fingerprint density at radius 3 is 2.52 bits per heavy atom. The molecule has 2 aromatic rings. The molecule has 0 radical (unpaired) electrons. The molecule has 1 aliphatic rings. The van der Waals surface area contributed by atoms with Crippen LogP contribution in [0.15, 0.2) is 39.6 Å². The molecule has 0 aliphatic heterocycles. The molecule has 0 spiro atoms. The molecule has 3 rings (SSSR count). The number of benzene rings is 2. The lowest BCUT2D eigenvalue weighted by Gasteiger charge is -2.17. The van der Waals surface area contributed by atoms with Crippen molar-refractivity contribution in [1.29, 1.82) is 0 Å². The maximum Gasteiger partial charge on any atom is 0.281 e. The summed E-state index contributed by atoms with van der Waals surface area (Å²) in [6, 6.07) is 6.67. The first-order valence-corrected chi connectivity index (χ1v) is 9.50. The van der Waals surface area contributed by atoms with Crippen molar-refractivity contribution >= 4 is 9.73 Å². The zero-order valence-corrected chi connectivity index (χ0v) is 14.7. The smallest absolute Gasteiger partial charge is 0.281 e. The fraction of sp³-hybridized carbons (Fsp3) is 0.222. The molecule has 1 N–H and O–H groups in total. The predicted octanol–water partition coefficient (Wildman–Crippen LogP) is 4.03. The number of nitrogens with zero attached hydrogens (tertiary/aromatic N) is 1. The Kier molecular flexibility index (Phi) is 4.66. The number of halogens is 4.